The van der Waals surface area contributed by atoms with Crippen molar-refractivity contribution in [3.8, 4) is 0 Å². The van der Waals surface area contributed by atoms with Crippen molar-refractivity contribution < 1.29 is 18.1 Å². The Morgan fingerprint density at radius 3 is 2.66 bits per heavy atom. The lowest BCUT2D eigenvalue weighted by atomic mass is 10.2. The molecule has 1 saturated heterocycles. The van der Waals surface area contributed by atoms with Gasteiger partial charge in [-0.2, -0.15) is 13.1 Å². The van der Waals surface area contributed by atoms with Crippen molar-refractivity contribution in [3.05, 3.63) is 51.5 Å². The third-order valence-corrected chi connectivity index (χ3v) is 7.70. The monoisotopic (exact) mass is 496 g/mol. The molecular formula is C18H17ClN6O5S2. The number of fused-ring (bicyclic) bond motifs is 1. The van der Waals surface area contributed by atoms with Gasteiger partial charge in [-0.1, -0.05) is 17.7 Å². The SMILES string of the molecule is O=C(CN1CCN(S(=O)(=O)c2cccc3nsnc23)CC1)Nc1ccc(Cl)cc1[N+](=O)[O-]. The number of carbonyl (C=O) groups excluding carboxylic acids is 1. The van der Waals surface area contributed by atoms with Crippen molar-refractivity contribution in [1.29, 1.82) is 0 Å². The fourth-order valence-electron chi connectivity index (χ4n) is 3.41. The summed E-state index contributed by atoms with van der Waals surface area (Å²) >= 11 is 6.74. The topological polar surface area (TPSA) is 139 Å². The lowest BCUT2D eigenvalue weighted by Gasteiger charge is -2.33. The Bertz CT molecular complexity index is 1290. The van der Waals surface area contributed by atoms with Crippen LogP contribution in [0.1, 0.15) is 0 Å². The fourth-order valence-corrected chi connectivity index (χ4v) is 5.75. The Morgan fingerprint density at radius 1 is 1.19 bits per heavy atom. The number of piperazine rings is 1. The molecule has 1 aromatic heterocycles. The normalized spacial score (nSPS) is 15.7. The van der Waals surface area contributed by atoms with E-state index in [2.05, 4.69) is 14.1 Å². The van der Waals surface area contributed by atoms with Gasteiger partial charge in [0.05, 0.1) is 23.2 Å². The molecule has 0 atom stereocenters. The number of sulfonamides is 1. The molecule has 0 unspecified atom stereocenters. The molecule has 1 aliphatic rings. The highest BCUT2D eigenvalue weighted by molar-refractivity contribution is 7.89. The smallest absolute Gasteiger partial charge is 0.294 e. The summed E-state index contributed by atoms with van der Waals surface area (Å²) in [7, 11) is -3.76. The molecule has 168 valence electrons. The molecule has 2 heterocycles. The number of carbonyl (C=O) groups is 1. The summed E-state index contributed by atoms with van der Waals surface area (Å²) in [5.74, 6) is -0.440. The number of hydrogen-bond acceptors (Lipinski definition) is 9. The van der Waals surface area contributed by atoms with Crippen LogP contribution < -0.4 is 5.32 Å². The molecule has 0 spiro atoms. The number of hydrogen-bond donors (Lipinski definition) is 1. The first-order valence-electron chi connectivity index (χ1n) is 9.43. The van der Waals surface area contributed by atoms with Crippen LogP contribution >= 0.6 is 23.3 Å². The Kier molecular flexibility index (Phi) is 6.35. The predicted molar refractivity (Wildman–Crippen MR) is 119 cm³/mol. The van der Waals surface area contributed by atoms with Crippen molar-refractivity contribution in [2.45, 2.75) is 4.90 Å². The van der Waals surface area contributed by atoms with E-state index in [4.69, 9.17) is 11.6 Å². The van der Waals surface area contributed by atoms with Crippen molar-refractivity contribution in [3.63, 3.8) is 0 Å². The largest absolute Gasteiger partial charge is 0.319 e. The van der Waals surface area contributed by atoms with Gasteiger partial charge in [0.15, 0.2) is 0 Å². The number of aromatic nitrogens is 2. The minimum absolute atomic E-state index is 0.0285. The quantitative estimate of drug-likeness (QED) is 0.404. The van der Waals surface area contributed by atoms with E-state index < -0.39 is 20.9 Å². The van der Waals surface area contributed by atoms with Gasteiger partial charge in [-0.25, -0.2) is 8.42 Å². The zero-order valence-corrected chi connectivity index (χ0v) is 18.9. The fraction of sp³-hybridized carbons (Fsp3) is 0.278. The molecular weight excluding hydrogens is 480 g/mol. The average Bonchev–Trinajstić information content (AvgIpc) is 3.24. The Balaban J connectivity index is 1.39. The number of rotatable bonds is 6. The van der Waals surface area contributed by atoms with Gasteiger partial charge in [0.25, 0.3) is 5.69 Å². The molecule has 0 saturated carbocycles. The number of nitrogens with zero attached hydrogens (tertiary/aromatic N) is 5. The molecule has 0 radical (unpaired) electrons. The first-order valence-corrected chi connectivity index (χ1v) is 12.0. The van der Waals surface area contributed by atoms with Crippen LogP contribution in [-0.4, -0.2) is 69.9 Å². The maximum atomic E-state index is 13.1. The predicted octanol–water partition coefficient (Wildman–Crippen LogP) is 2.20. The maximum Gasteiger partial charge on any atom is 0.294 e. The summed E-state index contributed by atoms with van der Waals surface area (Å²) in [5, 5.41) is 13.9. The minimum Gasteiger partial charge on any atom is -0.319 e. The summed E-state index contributed by atoms with van der Waals surface area (Å²) in [6.45, 7) is 1.04. The van der Waals surface area contributed by atoms with Gasteiger partial charge in [0.1, 0.15) is 21.6 Å². The highest BCUT2D eigenvalue weighted by Gasteiger charge is 2.31. The maximum absolute atomic E-state index is 13.1. The second kappa shape index (κ2) is 9.03. The highest BCUT2D eigenvalue weighted by Crippen LogP contribution is 2.28. The Morgan fingerprint density at radius 2 is 1.94 bits per heavy atom. The molecule has 1 fully saturated rings. The minimum atomic E-state index is -3.76. The van der Waals surface area contributed by atoms with Crippen LogP contribution in [0.5, 0.6) is 0 Å². The zero-order valence-electron chi connectivity index (χ0n) is 16.5. The van der Waals surface area contributed by atoms with Crippen LogP contribution in [-0.2, 0) is 14.8 Å². The molecule has 32 heavy (non-hydrogen) atoms. The molecule has 2 aromatic carbocycles. The molecule has 1 amide bonds. The summed E-state index contributed by atoms with van der Waals surface area (Å²) < 4.78 is 35.7. The summed E-state index contributed by atoms with van der Waals surface area (Å²) in [6.07, 6.45) is 0. The summed E-state index contributed by atoms with van der Waals surface area (Å²) in [4.78, 5) is 24.9. The van der Waals surface area contributed by atoms with Gasteiger partial charge < -0.3 is 5.32 Å². The van der Waals surface area contributed by atoms with E-state index in [1.54, 1.807) is 17.0 Å². The van der Waals surface area contributed by atoms with E-state index in [0.29, 0.717) is 24.1 Å². The molecule has 0 aliphatic carbocycles. The number of amides is 1. The molecule has 1 aliphatic heterocycles. The second-order valence-electron chi connectivity index (χ2n) is 7.04. The number of anilines is 1. The van der Waals surface area contributed by atoms with Crippen LogP contribution in [0.25, 0.3) is 11.0 Å². The van der Waals surface area contributed by atoms with E-state index in [1.807, 2.05) is 0 Å². The molecule has 11 nitrogen and oxygen atoms in total. The van der Waals surface area contributed by atoms with Crippen molar-refractivity contribution in [1.82, 2.24) is 18.0 Å². The van der Waals surface area contributed by atoms with Crippen LogP contribution in [0.3, 0.4) is 0 Å². The Labute approximate surface area is 192 Å². The lowest BCUT2D eigenvalue weighted by Crippen LogP contribution is -2.50. The van der Waals surface area contributed by atoms with Crippen LogP contribution in [0, 0.1) is 10.1 Å². The number of nitrogens with one attached hydrogen (secondary N) is 1. The zero-order chi connectivity index (χ0) is 22.9. The van der Waals surface area contributed by atoms with E-state index in [0.717, 1.165) is 11.7 Å². The van der Waals surface area contributed by atoms with Crippen LogP contribution in [0.15, 0.2) is 41.3 Å². The molecule has 0 bridgehead atoms. The highest BCUT2D eigenvalue weighted by atomic mass is 35.5. The first-order chi connectivity index (χ1) is 15.3. The standard InChI is InChI=1S/C18H17ClN6O5S2/c19-12-4-5-13(15(10-12)25(27)28)20-17(26)11-23-6-8-24(9-7-23)32(29,30)16-3-1-2-14-18(16)22-31-21-14/h1-5,10H,6-9,11H2,(H,20,26). The van der Waals surface area contributed by atoms with E-state index in [1.165, 1.54) is 28.6 Å². The van der Waals surface area contributed by atoms with Gasteiger partial charge in [-0.05, 0) is 24.3 Å². The van der Waals surface area contributed by atoms with E-state index in [-0.39, 0.29) is 40.9 Å². The lowest BCUT2D eigenvalue weighted by molar-refractivity contribution is -0.383. The first kappa shape index (κ1) is 22.5. The molecule has 4 rings (SSSR count). The van der Waals surface area contributed by atoms with Crippen molar-refractivity contribution in [2.75, 3.05) is 38.0 Å². The number of benzene rings is 2. The molecule has 3 aromatic rings. The average molecular weight is 497 g/mol. The van der Waals surface area contributed by atoms with E-state index in [9.17, 15) is 23.3 Å². The van der Waals surface area contributed by atoms with Gasteiger partial charge >= 0.3 is 0 Å². The third-order valence-electron chi connectivity index (χ3n) is 5.00. The van der Waals surface area contributed by atoms with Crippen LogP contribution in [0.2, 0.25) is 5.02 Å². The number of nitro groups is 1. The van der Waals surface area contributed by atoms with Crippen molar-refractivity contribution >= 4 is 61.7 Å². The molecule has 1 N–H and O–H groups in total. The number of halogens is 1. The number of nitro benzene ring substituents is 1. The van der Waals surface area contributed by atoms with Gasteiger partial charge in [-0.3, -0.25) is 19.8 Å². The third kappa shape index (κ3) is 4.56. The summed E-state index contributed by atoms with van der Waals surface area (Å²) in [5.41, 5.74) is 0.634. The Hall–Kier alpha value is -2.71. The second-order valence-corrected chi connectivity index (χ2v) is 9.91. The van der Waals surface area contributed by atoms with Gasteiger partial charge in [-0.15, -0.1) is 0 Å². The van der Waals surface area contributed by atoms with Gasteiger partial charge in [0, 0.05) is 37.3 Å². The van der Waals surface area contributed by atoms with Gasteiger partial charge in [0.2, 0.25) is 15.9 Å². The summed E-state index contributed by atoms with van der Waals surface area (Å²) in [6, 6.07) is 8.84. The van der Waals surface area contributed by atoms with Crippen LogP contribution in [0.4, 0.5) is 11.4 Å². The van der Waals surface area contributed by atoms with Crippen molar-refractivity contribution in [2.24, 2.45) is 0 Å². The van der Waals surface area contributed by atoms with E-state index >= 15 is 0 Å². The molecule has 14 heteroatoms.